The predicted octanol–water partition coefficient (Wildman–Crippen LogP) is 4.25. The third kappa shape index (κ3) is 3.38. The molecule has 3 nitrogen and oxygen atoms in total. The fourth-order valence-corrected chi connectivity index (χ4v) is 3.90. The van der Waals surface area contributed by atoms with Gasteiger partial charge in [-0.1, -0.05) is 78.9 Å². The lowest BCUT2D eigenvalue weighted by Gasteiger charge is -2.32. The number of rotatable bonds is 6. The molecule has 1 N–H and O–H groups in total. The van der Waals surface area contributed by atoms with Crippen LogP contribution in [0.4, 0.5) is 0 Å². The minimum absolute atomic E-state index is 0.0352. The normalized spacial score (nSPS) is 20.9. The summed E-state index contributed by atoms with van der Waals surface area (Å²) in [6.07, 6.45) is 0.777. The van der Waals surface area contributed by atoms with Gasteiger partial charge in [0.2, 0.25) is 0 Å². The van der Waals surface area contributed by atoms with Crippen LogP contribution in [-0.4, -0.2) is 28.1 Å². The summed E-state index contributed by atoms with van der Waals surface area (Å²) >= 11 is 0. The summed E-state index contributed by atoms with van der Waals surface area (Å²) in [6.45, 7) is 0.441. The molecule has 1 fully saturated rings. The Balaban J connectivity index is 1.70. The monoisotopic (exact) mass is 357 g/mol. The molecule has 0 unspecified atom stereocenters. The van der Waals surface area contributed by atoms with Gasteiger partial charge in [0.05, 0.1) is 12.1 Å². The molecule has 1 amide bonds. The second-order valence-corrected chi connectivity index (χ2v) is 7.17. The number of benzene rings is 3. The summed E-state index contributed by atoms with van der Waals surface area (Å²) in [6, 6.07) is 29.5. The number of nitrogens with zero attached hydrogens (tertiary/aromatic N) is 1. The van der Waals surface area contributed by atoms with E-state index in [-0.39, 0.29) is 18.4 Å². The number of hydrogen-bond acceptors (Lipinski definition) is 2. The highest BCUT2D eigenvalue weighted by atomic mass is 16.3. The Bertz CT molecular complexity index is 895. The van der Waals surface area contributed by atoms with Gasteiger partial charge < -0.3 is 10.0 Å². The molecule has 0 saturated heterocycles. The van der Waals surface area contributed by atoms with Crippen LogP contribution in [0.3, 0.4) is 0 Å². The van der Waals surface area contributed by atoms with Gasteiger partial charge in [0.25, 0.3) is 5.91 Å². The fraction of sp³-hybridized carbons (Fsp3) is 0.208. The van der Waals surface area contributed by atoms with Crippen molar-refractivity contribution in [3.63, 3.8) is 0 Å². The van der Waals surface area contributed by atoms with Crippen LogP contribution in [0.2, 0.25) is 0 Å². The number of aliphatic hydroxyl groups excluding tert-OH is 1. The minimum atomic E-state index is -0.551. The van der Waals surface area contributed by atoms with E-state index >= 15 is 0 Å². The maximum atomic E-state index is 13.4. The first-order valence-corrected chi connectivity index (χ1v) is 9.31. The van der Waals surface area contributed by atoms with Gasteiger partial charge in [0, 0.05) is 18.0 Å². The summed E-state index contributed by atoms with van der Waals surface area (Å²) in [5, 5.41) is 10.3. The molecule has 0 radical (unpaired) electrons. The van der Waals surface area contributed by atoms with E-state index in [1.807, 2.05) is 83.8 Å². The first-order chi connectivity index (χ1) is 13.2. The molecule has 0 spiro atoms. The van der Waals surface area contributed by atoms with Gasteiger partial charge in [-0.3, -0.25) is 4.79 Å². The molecule has 0 aromatic heterocycles. The van der Waals surface area contributed by atoms with E-state index < -0.39 is 5.54 Å². The van der Waals surface area contributed by atoms with Gasteiger partial charge in [-0.15, -0.1) is 0 Å². The van der Waals surface area contributed by atoms with E-state index in [2.05, 4.69) is 12.1 Å². The van der Waals surface area contributed by atoms with Gasteiger partial charge in [0.1, 0.15) is 0 Å². The molecule has 1 aliphatic rings. The molecule has 0 bridgehead atoms. The van der Waals surface area contributed by atoms with Crippen molar-refractivity contribution in [1.29, 1.82) is 0 Å². The van der Waals surface area contributed by atoms with Gasteiger partial charge in [-0.2, -0.15) is 0 Å². The molecule has 1 saturated carbocycles. The van der Waals surface area contributed by atoms with Crippen molar-refractivity contribution in [2.45, 2.75) is 24.4 Å². The third-order valence-corrected chi connectivity index (χ3v) is 5.51. The molecule has 1 aliphatic carbocycles. The Hall–Kier alpha value is -2.91. The number of carbonyl (C=O) groups excluding carboxylic acids is 1. The number of amides is 1. The first-order valence-electron chi connectivity index (χ1n) is 9.31. The van der Waals surface area contributed by atoms with E-state index in [4.69, 9.17) is 0 Å². The van der Waals surface area contributed by atoms with Gasteiger partial charge in [-0.25, -0.2) is 0 Å². The van der Waals surface area contributed by atoms with E-state index in [1.54, 1.807) is 0 Å². The molecule has 0 aliphatic heterocycles. The summed E-state index contributed by atoms with van der Waals surface area (Å²) in [5.74, 6) is 0.118. The minimum Gasteiger partial charge on any atom is -0.394 e. The predicted molar refractivity (Wildman–Crippen MR) is 106 cm³/mol. The third-order valence-electron chi connectivity index (χ3n) is 5.51. The molecule has 2 atom stereocenters. The summed E-state index contributed by atoms with van der Waals surface area (Å²) in [7, 11) is 0. The summed E-state index contributed by atoms with van der Waals surface area (Å²) in [4.78, 5) is 15.3. The molecule has 3 aromatic rings. The van der Waals surface area contributed by atoms with E-state index in [1.165, 1.54) is 5.56 Å². The Morgan fingerprint density at radius 2 is 1.44 bits per heavy atom. The molecule has 4 rings (SSSR count). The Labute approximate surface area is 159 Å². The molecule has 3 aromatic carbocycles. The summed E-state index contributed by atoms with van der Waals surface area (Å²) < 4.78 is 0. The van der Waals surface area contributed by atoms with Crippen LogP contribution in [0.5, 0.6) is 0 Å². The Morgan fingerprint density at radius 3 is 2.04 bits per heavy atom. The van der Waals surface area contributed by atoms with Gasteiger partial charge in [0.15, 0.2) is 0 Å². The lowest BCUT2D eigenvalue weighted by Crippen LogP contribution is -2.45. The maximum absolute atomic E-state index is 13.4. The molecule has 3 heteroatoms. The standard InChI is InChI=1S/C24H23NO2/c26-18-24(16-22(24)20-12-6-2-7-13-20)25(17-19-10-4-1-5-11-19)23(27)21-14-8-3-9-15-21/h1-15,22,26H,16-18H2/t22-,24-/m0/s1. The van der Waals surface area contributed by atoms with E-state index in [0.717, 1.165) is 12.0 Å². The second-order valence-electron chi connectivity index (χ2n) is 7.17. The van der Waals surface area contributed by atoms with E-state index in [0.29, 0.717) is 12.1 Å². The number of aliphatic hydroxyl groups is 1. The van der Waals surface area contributed by atoms with Crippen LogP contribution < -0.4 is 0 Å². The highest BCUT2D eigenvalue weighted by Crippen LogP contribution is 2.56. The van der Waals surface area contributed by atoms with Crippen molar-refractivity contribution in [3.8, 4) is 0 Å². The zero-order chi connectivity index (χ0) is 18.7. The lowest BCUT2D eigenvalue weighted by molar-refractivity contribution is 0.0504. The average Bonchev–Trinajstić information content (AvgIpc) is 3.49. The van der Waals surface area contributed by atoms with Crippen molar-refractivity contribution in [2.75, 3.05) is 6.61 Å². The first kappa shape index (κ1) is 17.5. The molecular formula is C24H23NO2. The van der Waals surface area contributed by atoms with Gasteiger partial charge in [-0.05, 0) is 29.7 Å². The maximum Gasteiger partial charge on any atom is 0.254 e. The van der Waals surface area contributed by atoms with Crippen LogP contribution in [0.15, 0.2) is 91.0 Å². The summed E-state index contributed by atoms with van der Waals surface area (Å²) in [5.41, 5.74) is 2.34. The fourth-order valence-electron chi connectivity index (χ4n) is 3.90. The highest BCUT2D eigenvalue weighted by molar-refractivity contribution is 5.95. The van der Waals surface area contributed by atoms with Crippen molar-refractivity contribution < 1.29 is 9.90 Å². The Morgan fingerprint density at radius 1 is 0.889 bits per heavy atom. The van der Waals surface area contributed by atoms with Crippen molar-refractivity contribution in [1.82, 2.24) is 4.90 Å². The van der Waals surface area contributed by atoms with Crippen LogP contribution in [-0.2, 0) is 6.54 Å². The second kappa shape index (κ2) is 7.37. The topological polar surface area (TPSA) is 40.5 Å². The average molecular weight is 357 g/mol. The lowest BCUT2D eigenvalue weighted by atomic mass is 10.0. The van der Waals surface area contributed by atoms with Crippen LogP contribution in [0.25, 0.3) is 0 Å². The van der Waals surface area contributed by atoms with Gasteiger partial charge >= 0.3 is 0 Å². The van der Waals surface area contributed by atoms with Crippen molar-refractivity contribution >= 4 is 5.91 Å². The van der Waals surface area contributed by atoms with Crippen LogP contribution in [0.1, 0.15) is 33.8 Å². The molecule has 0 heterocycles. The quantitative estimate of drug-likeness (QED) is 0.716. The highest BCUT2D eigenvalue weighted by Gasteiger charge is 2.59. The van der Waals surface area contributed by atoms with Crippen LogP contribution >= 0.6 is 0 Å². The zero-order valence-electron chi connectivity index (χ0n) is 15.2. The van der Waals surface area contributed by atoms with Crippen molar-refractivity contribution in [2.24, 2.45) is 0 Å². The molecule has 27 heavy (non-hydrogen) atoms. The largest absolute Gasteiger partial charge is 0.394 e. The smallest absolute Gasteiger partial charge is 0.254 e. The van der Waals surface area contributed by atoms with Crippen molar-refractivity contribution in [3.05, 3.63) is 108 Å². The molecule has 136 valence electrons. The zero-order valence-corrected chi connectivity index (χ0v) is 15.2. The van der Waals surface area contributed by atoms with Crippen LogP contribution in [0, 0.1) is 0 Å². The Kier molecular flexibility index (Phi) is 4.78. The number of hydrogen-bond donors (Lipinski definition) is 1. The molecular weight excluding hydrogens is 334 g/mol. The SMILES string of the molecule is O=C(c1ccccc1)N(Cc1ccccc1)[C@]1(CO)C[C@H]1c1ccccc1. The number of carbonyl (C=O) groups is 1. The van der Waals surface area contributed by atoms with E-state index in [9.17, 15) is 9.90 Å².